The lowest BCUT2D eigenvalue weighted by atomic mass is 9.87. The van der Waals surface area contributed by atoms with E-state index in [2.05, 4.69) is 58.1 Å². The number of anilines is 1. The van der Waals surface area contributed by atoms with Gasteiger partial charge in [-0.2, -0.15) is 0 Å². The normalized spacial score (nSPS) is 18.5. The third-order valence-electron chi connectivity index (χ3n) is 8.62. The van der Waals surface area contributed by atoms with Gasteiger partial charge in [0.15, 0.2) is 5.82 Å². The minimum atomic E-state index is -0.540. The second-order valence-corrected chi connectivity index (χ2v) is 11.4. The van der Waals surface area contributed by atoms with E-state index in [1.54, 1.807) is 6.33 Å². The fraction of sp³-hybridized carbons (Fsp3) is 0.353. The zero-order valence-electron chi connectivity index (χ0n) is 23.4. The molecule has 1 heterocycles. The highest BCUT2D eigenvalue weighted by Gasteiger charge is 2.28. The van der Waals surface area contributed by atoms with Crippen LogP contribution in [0.5, 0.6) is 0 Å². The van der Waals surface area contributed by atoms with Gasteiger partial charge in [-0.1, -0.05) is 55.8 Å². The molecule has 2 unspecified atom stereocenters. The summed E-state index contributed by atoms with van der Waals surface area (Å²) in [4.78, 5) is 17.8. The largest absolute Gasteiger partial charge is 0.308 e. The van der Waals surface area contributed by atoms with Crippen molar-refractivity contribution in [3.8, 4) is 5.69 Å². The Morgan fingerprint density at radius 1 is 1.05 bits per heavy atom. The molecule has 0 saturated heterocycles. The molecule has 7 heteroatoms. The maximum atomic E-state index is 14.4. The van der Waals surface area contributed by atoms with Crippen LogP contribution in [0.4, 0.5) is 14.6 Å². The Morgan fingerprint density at radius 3 is 2.73 bits per heavy atom. The van der Waals surface area contributed by atoms with Crippen LogP contribution in [0.2, 0.25) is 0 Å². The second-order valence-electron chi connectivity index (χ2n) is 11.4. The first-order valence-corrected chi connectivity index (χ1v) is 14.7. The van der Waals surface area contributed by atoms with E-state index < -0.39 is 17.7 Å². The molecule has 2 N–H and O–H groups in total. The average Bonchev–Trinajstić information content (AvgIpc) is 3.60. The molecule has 0 saturated carbocycles. The number of nitrogens with one attached hydrogen (secondary N) is 2. The van der Waals surface area contributed by atoms with Gasteiger partial charge in [-0.25, -0.2) is 13.8 Å². The quantitative estimate of drug-likeness (QED) is 0.243. The molecule has 0 spiro atoms. The molecule has 0 aliphatic heterocycles. The number of benzene rings is 3. The van der Waals surface area contributed by atoms with Crippen molar-refractivity contribution < 1.29 is 13.6 Å². The number of para-hydroxylation sites is 1. The summed E-state index contributed by atoms with van der Waals surface area (Å²) in [6.45, 7) is 2.04. The van der Waals surface area contributed by atoms with Gasteiger partial charge in [-0.15, -0.1) is 0 Å². The van der Waals surface area contributed by atoms with E-state index in [4.69, 9.17) is 0 Å². The van der Waals surface area contributed by atoms with Gasteiger partial charge in [0.05, 0.1) is 12.2 Å². The van der Waals surface area contributed by atoms with Crippen LogP contribution in [0.25, 0.3) is 5.69 Å². The molecule has 1 amide bonds. The number of halogens is 2. The van der Waals surface area contributed by atoms with Gasteiger partial charge in [-0.3, -0.25) is 4.79 Å². The highest BCUT2D eigenvalue weighted by molar-refractivity contribution is 5.94. The van der Waals surface area contributed by atoms with Crippen molar-refractivity contribution in [2.24, 2.45) is 0 Å². The lowest BCUT2D eigenvalue weighted by molar-refractivity contribution is -0.118. The van der Waals surface area contributed by atoms with Crippen molar-refractivity contribution in [2.45, 2.75) is 76.3 Å². The summed E-state index contributed by atoms with van der Waals surface area (Å²) in [6.07, 6.45) is 10.0. The number of amides is 1. The lowest BCUT2D eigenvalue weighted by Gasteiger charge is -2.29. The van der Waals surface area contributed by atoms with Crippen LogP contribution in [-0.4, -0.2) is 27.5 Å². The summed E-state index contributed by atoms with van der Waals surface area (Å²) < 4.78 is 30.0. The number of nitrogens with zero attached hydrogens (tertiary/aromatic N) is 2. The van der Waals surface area contributed by atoms with Crippen LogP contribution in [0.1, 0.15) is 66.3 Å². The molecule has 0 radical (unpaired) electrons. The molecule has 3 atom stereocenters. The molecular formula is C34H36F2N4O. The van der Waals surface area contributed by atoms with Crippen molar-refractivity contribution in [1.29, 1.82) is 0 Å². The molecule has 0 fully saturated rings. The molecular weight excluding hydrogens is 518 g/mol. The number of fused-ring (bicyclic) bond motifs is 2. The van der Waals surface area contributed by atoms with E-state index in [-0.39, 0.29) is 11.9 Å². The SMILES string of the molecule is CCCC(N[C@H]1CCc2cc(F)cc(F)c2C1)C(=O)Nc1cn(-c2ccccc2CC2CCc3ccccc32)cn1. The smallest absolute Gasteiger partial charge is 0.242 e. The molecule has 212 valence electrons. The number of rotatable bonds is 9. The Hall–Kier alpha value is -3.84. The van der Waals surface area contributed by atoms with Crippen LogP contribution in [0.15, 0.2) is 73.2 Å². The van der Waals surface area contributed by atoms with Crippen molar-refractivity contribution in [2.75, 3.05) is 5.32 Å². The van der Waals surface area contributed by atoms with E-state index in [0.29, 0.717) is 36.6 Å². The third kappa shape index (κ3) is 5.96. The maximum absolute atomic E-state index is 14.4. The molecule has 2 aliphatic carbocycles. The van der Waals surface area contributed by atoms with Crippen molar-refractivity contribution >= 4 is 11.7 Å². The highest BCUT2D eigenvalue weighted by Crippen LogP contribution is 2.36. The van der Waals surface area contributed by atoms with Crippen molar-refractivity contribution in [3.05, 3.63) is 113 Å². The Bertz CT molecular complexity index is 1550. The van der Waals surface area contributed by atoms with E-state index in [1.165, 1.54) is 22.8 Å². The Labute approximate surface area is 240 Å². The minimum absolute atomic E-state index is 0.0603. The maximum Gasteiger partial charge on any atom is 0.242 e. The topological polar surface area (TPSA) is 59.0 Å². The van der Waals surface area contributed by atoms with Crippen LogP contribution >= 0.6 is 0 Å². The van der Waals surface area contributed by atoms with E-state index in [1.807, 2.05) is 23.8 Å². The zero-order chi connectivity index (χ0) is 28.3. The number of carbonyl (C=O) groups is 1. The van der Waals surface area contributed by atoms with Crippen molar-refractivity contribution in [1.82, 2.24) is 14.9 Å². The fourth-order valence-corrected chi connectivity index (χ4v) is 6.58. The highest BCUT2D eigenvalue weighted by atomic mass is 19.1. The summed E-state index contributed by atoms with van der Waals surface area (Å²) in [5, 5.41) is 6.44. The Balaban J connectivity index is 1.13. The summed E-state index contributed by atoms with van der Waals surface area (Å²) in [5.41, 5.74) is 6.48. The summed E-state index contributed by atoms with van der Waals surface area (Å²) in [7, 11) is 0. The zero-order valence-corrected chi connectivity index (χ0v) is 23.4. The van der Waals surface area contributed by atoms with Crippen LogP contribution in [-0.2, 0) is 30.5 Å². The predicted molar refractivity (Wildman–Crippen MR) is 157 cm³/mol. The van der Waals surface area contributed by atoms with E-state index in [9.17, 15) is 13.6 Å². The van der Waals surface area contributed by atoms with Gasteiger partial charge < -0.3 is 15.2 Å². The van der Waals surface area contributed by atoms with E-state index in [0.717, 1.165) is 49.4 Å². The van der Waals surface area contributed by atoms with Gasteiger partial charge in [0.25, 0.3) is 0 Å². The molecule has 5 nitrogen and oxygen atoms in total. The average molecular weight is 555 g/mol. The number of hydrogen-bond donors (Lipinski definition) is 2. The number of imidazole rings is 1. The molecule has 41 heavy (non-hydrogen) atoms. The third-order valence-corrected chi connectivity index (χ3v) is 8.62. The summed E-state index contributed by atoms with van der Waals surface area (Å²) >= 11 is 0. The van der Waals surface area contributed by atoms with Crippen LogP contribution in [0.3, 0.4) is 0 Å². The predicted octanol–water partition coefficient (Wildman–Crippen LogP) is 6.68. The standard InChI is InChI=1S/C34H36F2N4O/c1-2-7-31(38-27-15-14-24-17-26(35)18-30(36)29(24)19-27)34(41)39-33-20-40(21-37-33)32-11-6-4-9-25(32)16-23-13-12-22-8-3-5-10-28(22)23/h3-6,8-11,17-18,20-21,23,27,31,38H,2,7,12-16,19H2,1H3,(H,39,41)/t23?,27-,31?/m0/s1. The first kappa shape index (κ1) is 27.3. The molecule has 3 aromatic carbocycles. The molecule has 0 bridgehead atoms. The van der Waals surface area contributed by atoms with Crippen molar-refractivity contribution in [3.63, 3.8) is 0 Å². The monoisotopic (exact) mass is 554 g/mol. The summed E-state index contributed by atoms with van der Waals surface area (Å²) in [5.74, 6) is -0.212. The van der Waals surface area contributed by atoms with Gasteiger partial charge >= 0.3 is 0 Å². The fourth-order valence-electron chi connectivity index (χ4n) is 6.58. The Kier molecular flexibility index (Phi) is 7.97. The van der Waals surface area contributed by atoms with E-state index >= 15 is 0 Å². The van der Waals surface area contributed by atoms with Gasteiger partial charge in [0.1, 0.15) is 18.0 Å². The number of hydrogen-bond acceptors (Lipinski definition) is 3. The first-order chi connectivity index (χ1) is 20.0. The first-order valence-electron chi connectivity index (χ1n) is 14.7. The van der Waals surface area contributed by atoms with Gasteiger partial charge in [-0.05, 0) is 90.8 Å². The van der Waals surface area contributed by atoms with Gasteiger partial charge in [0.2, 0.25) is 5.91 Å². The molecule has 1 aromatic heterocycles. The minimum Gasteiger partial charge on any atom is -0.308 e. The second kappa shape index (κ2) is 12.0. The molecule has 6 rings (SSSR count). The Morgan fingerprint density at radius 2 is 1.85 bits per heavy atom. The number of aryl methyl sites for hydroxylation is 2. The van der Waals surface area contributed by atoms with Crippen LogP contribution in [0, 0.1) is 11.6 Å². The summed E-state index contributed by atoms with van der Waals surface area (Å²) in [6, 6.07) is 19.0. The molecule has 2 aliphatic rings. The van der Waals surface area contributed by atoms with Gasteiger partial charge in [0, 0.05) is 17.8 Å². The molecule has 4 aromatic rings. The number of aromatic nitrogens is 2. The number of carbonyl (C=O) groups excluding carboxylic acids is 1. The van der Waals surface area contributed by atoms with Crippen LogP contribution < -0.4 is 10.6 Å². The lowest BCUT2D eigenvalue weighted by Crippen LogP contribution is -2.48.